The van der Waals surface area contributed by atoms with Crippen LogP contribution in [0.3, 0.4) is 0 Å². The van der Waals surface area contributed by atoms with E-state index in [4.69, 9.17) is 0 Å². The number of hydrogen-bond acceptors (Lipinski definition) is 3. The highest BCUT2D eigenvalue weighted by atomic mass is 16.2. The van der Waals surface area contributed by atoms with Crippen molar-refractivity contribution in [3.63, 3.8) is 0 Å². The van der Waals surface area contributed by atoms with Gasteiger partial charge in [-0.3, -0.25) is 14.4 Å². The van der Waals surface area contributed by atoms with E-state index in [1.165, 1.54) is 4.90 Å². The number of nitrogens with one attached hydrogen (secondary N) is 2. The summed E-state index contributed by atoms with van der Waals surface area (Å²) in [6, 6.07) is 0. The molecule has 0 bridgehead atoms. The van der Waals surface area contributed by atoms with Crippen molar-refractivity contribution in [2.45, 2.75) is 12.8 Å². The minimum absolute atomic E-state index is 0.0102. The van der Waals surface area contributed by atoms with Crippen LogP contribution in [-0.2, 0) is 14.4 Å². The molecular weight excluding hydrogens is 210 g/mol. The Bertz CT molecular complexity index is 292. The van der Waals surface area contributed by atoms with Gasteiger partial charge < -0.3 is 15.5 Å². The summed E-state index contributed by atoms with van der Waals surface area (Å²) in [6.07, 6.45) is 0.924. The number of rotatable bonds is 3. The molecule has 90 valence electrons. The lowest BCUT2D eigenvalue weighted by Gasteiger charge is -2.21. The molecule has 1 unspecified atom stereocenters. The first kappa shape index (κ1) is 12.5. The molecule has 0 radical (unpaired) electrons. The number of nitrogens with zero attached hydrogens (tertiary/aromatic N) is 1. The first-order chi connectivity index (χ1) is 7.50. The summed E-state index contributed by atoms with van der Waals surface area (Å²) in [5, 5.41) is 5.20. The van der Waals surface area contributed by atoms with Crippen molar-refractivity contribution < 1.29 is 14.4 Å². The van der Waals surface area contributed by atoms with E-state index in [1.807, 2.05) is 0 Å². The average molecular weight is 227 g/mol. The standard InChI is InChI=1S/C10H17N3O3/c1-13(2)9(15)6-12-10(16)7-3-4-8(14)11-5-7/h7H,3-6H2,1-2H3,(H,11,14)(H,12,16). The van der Waals surface area contributed by atoms with Crippen LogP contribution < -0.4 is 10.6 Å². The molecule has 1 atom stereocenters. The molecule has 16 heavy (non-hydrogen) atoms. The summed E-state index contributed by atoms with van der Waals surface area (Å²) in [4.78, 5) is 35.1. The van der Waals surface area contributed by atoms with Crippen molar-refractivity contribution in [1.29, 1.82) is 0 Å². The van der Waals surface area contributed by atoms with Gasteiger partial charge in [-0.1, -0.05) is 0 Å². The maximum Gasteiger partial charge on any atom is 0.241 e. The zero-order valence-corrected chi connectivity index (χ0v) is 9.58. The van der Waals surface area contributed by atoms with Gasteiger partial charge in [0.15, 0.2) is 0 Å². The van der Waals surface area contributed by atoms with Gasteiger partial charge in [0.1, 0.15) is 0 Å². The van der Waals surface area contributed by atoms with Gasteiger partial charge in [0.05, 0.1) is 12.5 Å². The Morgan fingerprint density at radius 3 is 2.69 bits per heavy atom. The third-order valence-corrected chi connectivity index (χ3v) is 2.55. The van der Waals surface area contributed by atoms with Crippen LogP contribution in [-0.4, -0.2) is 49.8 Å². The molecule has 1 saturated heterocycles. The number of carbonyl (C=O) groups is 3. The molecule has 0 aliphatic carbocycles. The summed E-state index contributed by atoms with van der Waals surface area (Å²) < 4.78 is 0. The molecule has 6 nitrogen and oxygen atoms in total. The zero-order chi connectivity index (χ0) is 12.1. The molecule has 0 aromatic heterocycles. The van der Waals surface area contributed by atoms with Gasteiger partial charge >= 0.3 is 0 Å². The third-order valence-electron chi connectivity index (χ3n) is 2.55. The second-order valence-corrected chi connectivity index (χ2v) is 4.05. The molecule has 1 fully saturated rings. The summed E-state index contributed by atoms with van der Waals surface area (Å²) in [5.41, 5.74) is 0. The van der Waals surface area contributed by atoms with E-state index in [0.717, 1.165) is 0 Å². The van der Waals surface area contributed by atoms with E-state index in [0.29, 0.717) is 19.4 Å². The van der Waals surface area contributed by atoms with Crippen molar-refractivity contribution in [2.24, 2.45) is 5.92 Å². The van der Waals surface area contributed by atoms with Crippen molar-refractivity contribution in [1.82, 2.24) is 15.5 Å². The summed E-state index contributed by atoms with van der Waals surface area (Å²) >= 11 is 0. The fourth-order valence-electron chi connectivity index (χ4n) is 1.42. The molecule has 1 aliphatic heterocycles. The van der Waals surface area contributed by atoms with E-state index >= 15 is 0 Å². The van der Waals surface area contributed by atoms with Crippen molar-refractivity contribution in [3.8, 4) is 0 Å². The van der Waals surface area contributed by atoms with Crippen molar-refractivity contribution in [2.75, 3.05) is 27.2 Å². The molecule has 0 spiro atoms. The van der Waals surface area contributed by atoms with E-state index in [1.54, 1.807) is 14.1 Å². The summed E-state index contributed by atoms with van der Waals surface area (Å²) in [7, 11) is 3.27. The molecule has 0 aromatic carbocycles. The van der Waals surface area contributed by atoms with E-state index in [2.05, 4.69) is 10.6 Å². The monoisotopic (exact) mass is 227 g/mol. The van der Waals surface area contributed by atoms with Gasteiger partial charge in [-0.2, -0.15) is 0 Å². The minimum Gasteiger partial charge on any atom is -0.355 e. The summed E-state index contributed by atoms with van der Waals surface area (Å²) in [6.45, 7) is 0.372. The Balaban J connectivity index is 2.30. The van der Waals surface area contributed by atoms with Gasteiger partial charge in [-0.25, -0.2) is 0 Å². The lowest BCUT2D eigenvalue weighted by atomic mass is 9.98. The van der Waals surface area contributed by atoms with Crippen LogP contribution in [0, 0.1) is 5.92 Å². The number of hydrogen-bond donors (Lipinski definition) is 2. The largest absolute Gasteiger partial charge is 0.355 e. The second kappa shape index (κ2) is 5.48. The Morgan fingerprint density at radius 2 is 2.19 bits per heavy atom. The van der Waals surface area contributed by atoms with Gasteiger partial charge in [0, 0.05) is 27.1 Å². The Labute approximate surface area is 94.4 Å². The predicted molar refractivity (Wildman–Crippen MR) is 57.4 cm³/mol. The molecule has 0 saturated carbocycles. The SMILES string of the molecule is CN(C)C(=O)CNC(=O)C1CCC(=O)NC1. The average Bonchev–Trinajstić information content (AvgIpc) is 2.26. The van der Waals surface area contributed by atoms with Crippen LogP contribution in [0.4, 0.5) is 0 Å². The van der Waals surface area contributed by atoms with E-state index in [9.17, 15) is 14.4 Å². The first-order valence-electron chi connectivity index (χ1n) is 5.25. The van der Waals surface area contributed by atoms with Crippen LogP contribution in [0.5, 0.6) is 0 Å². The molecule has 0 aromatic rings. The topological polar surface area (TPSA) is 78.5 Å². The Morgan fingerprint density at radius 1 is 1.50 bits per heavy atom. The van der Waals surface area contributed by atoms with Crippen molar-refractivity contribution in [3.05, 3.63) is 0 Å². The molecule has 1 heterocycles. The van der Waals surface area contributed by atoms with Crippen LogP contribution >= 0.6 is 0 Å². The van der Waals surface area contributed by atoms with Gasteiger partial charge in [0.2, 0.25) is 17.7 Å². The normalized spacial score (nSPS) is 19.9. The van der Waals surface area contributed by atoms with Gasteiger partial charge in [-0.05, 0) is 6.42 Å². The molecule has 3 amide bonds. The predicted octanol–water partition coefficient (Wildman–Crippen LogP) is -1.28. The molecule has 1 rings (SSSR count). The highest BCUT2D eigenvalue weighted by Crippen LogP contribution is 2.10. The maximum absolute atomic E-state index is 11.6. The highest BCUT2D eigenvalue weighted by molar-refractivity contribution is 5.87. The van der Waals surface area contributed by atoms with Crippen LogP contribution in [0.2, 0.25) is 0 Å². The number of piperidine rings is 1. The maximum atomic E-state index is 11.6. The lowest BCUT2D eigenvalue weighted by molar-refractivity contribution is -0.133. The van der Waals surface area contributed by atoms with Crippen LogP contribution in [0.25, 0.3) is 0 Å². The number of amides is 3. The second-order valence-electron chi connectivity index (χ2n) is 4.05. The van der Waals surface area contributed by atoms with Crippen molar-refractivity contribution >= 4 is 17.7 Å². The number of likely N-dealkylation sites (N-methyl/N-ethyl adjacent to an activating group) is 1. The van der Waals surface area contributed by atoms with Crippen LogP contribution in [0.1, 0.15) is 12.8 Å². The fourth-order valence-corrected chi connectivity index (χ4v) is 1.42. The van der Waals surface area contributed by atoms with Gasteiger partial charge in [0.25, 0.3) is 0 Å². The summed E-state index contributed by atoms with van der Waals surface area (Å²) in [5.74, 6) is -0.551. The minimum atomic E-state index is -0.215. The molecule has 6 heteroatoms. The highest BCUT2D eigenvalue weighted by Gasteiger charge is 2.24. The fraction of sp³-hybridized carbons (Fsp3) is 0.700. The molecular formula is C10H17N3O3. The quantitative estimate of drug-likeness (QED) is 0.630. The Kier molecular flexibility index (Phi) is 4.28. The van der Waals surface area contributed by atoms with E-state index < -0.39 is 0 Å². The van der Waals surface area contributed by atoms with E-state index in [-0.39, 0.29) is 30.2 Å². The molecule has 1 aliphatic rings. The lowest BCUT2D eigenvalue weighted by Crippen LogP contribution is -2.45. The third kappa shape index (κ3) is 3.52. The van der Waals surface area contributed by atoms with Gasteiger partial charge in [-0.15, -0.1) is 0 Å². The van der Waals surface area contributed by atoms with Crippen LogP contribution in [0.15, 0.2) is 0 Å². The zero-order valence-electron chi connectivity index (χ0n) is 9.58. The molecule has 2 N–H and O–H groups in total. The Hall–Kier alpha value is -1.59. The number of carbonyl (C=O) groups excluding carboxylic acids is 3. The first-order valence-corrected chi connectivity index (χ1v) is 5.25. The smallest absolute Gasteiger partial charge is 0.241 e.